The predicted molar refractivity (Wildman–Crippen MR) is 129 cm³/mol. The lowest BCUT2D eigenvalue weighted by molar-refractivity contribution is -0.113. The topological polar surface area (TPSA) is 101 Å². The predicted octanol–water partition coefficient (Wildman–Crippen LogP) is 4.67. The molecule has 2 aromatic heterocycles. The summed E-state index contributed by atoms with van der Waals surface area (Å²) in [6.07, 6.45) is 1.57. The van der Waals surface area contributed by atoms with Gasteiger partial charge in [-0.1, -0.05) is 54.9 Å². The standard InChI is InChI=1S/C23H25N3O4S2/c1-4-6-16-11-18(27)26-23(24-16)32-13-19(28)25-21-20(22(29)30-5-2)17(12-31-21)15-9-7-14(3)8-10-15/h7-12H,4-6,13H2,1-3H3,(H,25,28)(H,24,26,27). The highest BCUT2D eigenvalue weighted by molar-refractivity contribution is 7.99. The van der Waals surface area contributed by atoms with Crippen molar-refractivity contribution in [3.63, 3.8) is 0 Å². The number of carbonyl (C=O) groups is 2. The maximum Gasteiger partial charge on any atom is 0.341 e. The largest absolute Gasteiger partial charge is 0.462 e. The average molecular weight is 472 g/mol. The second-order valence-electron chi connectivity index (χ2n) is 7.07. The van der Waals surface area contributed by atoms with E-state index in [-0.39, 0.29) is 23.8 Å². The molecule has 9 heteroatoms. The lowest BCUT2D eigenvalue weighted by Crippen LogP contribution is -2.17. The second kappa shape index (κ2) is 11.1. The molecule has 0 saturated carbocycles. The summed E-state index contributed by atoms with van der Waals surface area (Å²) in [5.41, 5.74) is 3.51. The van der Waals surface area contributed by atoms with Gasteiger partial charge in [0, 0.05) is 22.7 Å². The van der Waals surface area contributed by atoms with Crippen LogP contribution in [0.15, 0.2) is 45.7 Å². The van der Waals surface area contributed by atoms with E-state index in [4.69, 9.17) is 4.74 Å². The van der Waals surface area contributed by atoms with E-state index in [1.54, 1.807) is 6.92 Å². The van der Waals surface area contributed by atoms with Crippen LogP contribution in [0.5, 0.6) is 0 Å². The van der Waals surface area contributed by atoms with Gasteiger partial charge in [-0.15, -0.1) is 11.3 Å². The molecule has 2 heterocycles. The molecule has 0 bridgehead atoms. The monoisotopic (exact) mass is 471 g/mol. The summed E-state index contributed by atoms with van der Waals surface area (Å²) in [5, 5.41) is 5.49. The number of esters is 1. The quantitative estimate of drug-likeness (QED) is 0.267. The number of thioether (sulfide) groups is 1. The zero-order valence-corrected chi connectivity index (χ0v) is 19.8. The average Bonchev–Trinajstić information content (AvgIpc) is 3.16. The summed E-state index contributed by atoms with van der Waals surface area (Å²) < 4.78 is 5.23. The van der Waals surface area contributed by atoms with Crippen LogP contribution in [0.25, 0.3) is 11.1 Å². The van der Waals surface area contributed by atoms with Crippen LogP contribution in [-0.2, 0) is 16.0 Å². The van der Waals surface area contributed by atoms with Crippen LogP contribution < -0.4 is 10.9 Å². The van der Waals surface area contributed by atoms with Gasteiger partial charge in [-0.3, -0.25) is 9.59 Å². The Balaban J connectivity index is 1.77. The van der Waals surface area contributed by atoms with Gasteiger partial charge in [0.25, 0.3) is 5.56 Å². The summed E-state index contributed by atoms with van der Waals surface area (Å²) in [6.45, 7) is 5.98. The normalized spacial score (nSPS) is 10.7. The SMILES string of the molecule is CCCc1cc(=O)[nH]c(SCC(=O)Nc2scc(-c3ccc(C)cc3)c2C(=O)OCC)n1. The molecule has 3 rings (SSSR count). The molecule has 0 atom stereocenters. The Morgan fingerprint density at radius 1 is 1.22 bits per heavy atom. The number of rotatable bonds is 9. The van der Waals surface area contributed by atoms with Crippen LogP contribution in [0.2, 0.25) is 0 Å². The molecule has 7 nitrogen and oxygen atoms in total. The molecule has 3 aromatic rings. The van der Waals surface area contributed by atoms with Crippen molar-refractivity contribution in [2.45, 2.75) is 38.8 Å². The van der Waals surface area contributed by atoms with Gasteiger partial charge in [-0.25, -0.2) is 9.78 Å². The fraction of sp³-hybridized carbons (Fsp3) is 0.304. The number of aromatic nitrogens is 2. The molecule has 0 aliphatic carbocycles. The number of nitrogens with zero attached hydrogens (tertiary/aromatic N) is 1. The van der Waals surface area contributed by atoms with Crippen LogP contribution in [0.4, 0.5) is 5.00 Å². The minimum atomic E-state index is -0.481. The number of hydrogen-bond acceptors (Lipinski definition) is 7. The number of H-pyrrole nitrogens is 1. The molecule has 32 heavy (non-hydrogen) atoms. The molecule has 0 spiro atoms. The Morgan fingerprint density at radius 3 is 2.66 bits per heavy atom. The highest BCUT2D eigenvalue weighted by atomic mass is 32.2. The number of aryl methyl sites for hydroxylation is 2. The Labute approximate surface area is 194 Å². The molecule has 0 aliphatic rings. The number of carbonyl (C=O) groups excluding carboxylic acids is 2. The van der Waals surface area contributed by atoms with E-state index in [0.29, 0.717) is 27.8 Å². The van der Waals surface area contributed by atoms with E-state index in [1.807, 2.05) is 43.5 Å². The van der Waals surface area contributed by atoms with Gasteiger partial charge in [0.15, 0.2) is 5.16 Å². The van der Waals surface area contributed by atoms with Gasteiger partial charge < -0.3 is 15.0 Å². The van der Waals surface area contributed by atoms with Gasteiger partial charge in [-0.2, -0.15) is 0 Å². The molecule has 168 valence electrons. The van der Waals surface area contributed by atoms with Crippen molar-refractivity contribution in [2.24, 2.45) is 0 Å². The summed E-state index contributed by atoms with van der Waals surface area (Å²) in [7, 11) is 0. The Hall–Kier alpha value is -2.91. The van der Waals surface area contributed by atoms with Crippen molar-refractivity contribution in [3.05, 3.63) is 62.9 Å². The smallest absolute Gasteiger partial charge is 0.341 e. The lowest BCUT2D eigenvalue weighted by Gasteiger charge is -2.09. The third-order valence-corrected chi connectivity index (χ3v) is 6.27. The van der Waals surface area contributed by atoms with Crippen LogP contribution in [0.3, 0.4) is 0 Å². The molecule has 0 aliphatic heterocycles. The summed E-state index contributed by atoms with van der Waals surface area (Å²) in [5.74, 6) is -0.745. The number of amides is 1. The molecule has 0 radical (unpaired) electrons. The fourth-order valence-corrected chi connectivity index (χ4v) is 4.70. The van der Waals surface area contributed by atoms with E-state index < -0.39 is 5.97 Å². The summed E-state index contributed by atoms with van der Waals surface area (Å²) in [4.78, 5) is 44.1. The molecule has 2 N–H and O–H groups in total. The number of ether oxygens (including phenoxy) is 1. The molecule has 0 fully saturated rings. The van der Waals surface area contributed by atoms with E-state index in [0.717, 1.165) is 34.9 Å². The maximum absolute atomic E-state index is 12.7. The fourth-order valence-electron chi connectivity index (χ4n) is 3.03. The molecular formula is C23H25N3O4S2. The van der Waals surface area contributed by atoms with Crippen molar-refractivity contribution in [1.82, 2.24) is 9.97 Å². The van der Waals surface area contributed by atoms with Crippen molar-refractivity contribution in [2.75, 3.05) is 17.7 Å². The van der Waals surface area contributed by atoms with Gasteiger partial charge in [0.05, 0.1) is 12.4 Å². The van der Waals surface area contributed by atoms with E-state index in [2.05, 4.69) is 15.3 Å². The number of benzene rings is 1. The van der Waals surface area contributed by atoms with Crippen LogP contribution in [0, 0.1) is 6.92 Å². The Morgan fingerprint density at radius 2 is 1.97 bits per heavy atom. The van der Waals surface area contributed by atoms with Crippen molar-refractivity contribution in [1.29, 1.82) is 0 Å². The number of aromatic amines is 1. The van der Waals surface area contributed by atoms with Crippen LogP contribution >= 0.6 is 23.1 Å². The van der Waals surface area contributed by atoms with Gasteiger partial charge >= 0.3 is 5.97 Å². The van der Waals surface area contributed by atoms with Crippen molar-refractivity contribution >= 4 is 40.0 Å². The first-order valence-corrected chi connectivity index (χ1v) is 12.2. The van der Waals surface area contributed by atoms with E-state index in [1.165, 1.54) is 17.4 Å². The summed E-state index contributed by atoms with van der Waals surface area (Å²) >= 11 is 2.42. The van der Waals surface area contributed by atoms with Gasteiger partial charge in [-0.05, 0) is 25.8 Å². The van der Waals surface area contributed by atoms with Gasteiger partial charge in [0.2, 0.25) is 5.91 Å². The zero-order valence-electron chi connectivity index (χ0n) is 18.2. The number of anilines is 1. The van der Waals surface area contributed by atoms with E-state index in [9.17, 15) is 14.4 Å². The third kappa shape index (κ3) is 6.08. The van der Waals surface area contributed by atoms with Crippen molar-refractivity contribution in [3.8, 4) is 11.1 Å². The third-order valence-electron chi connectivity index (χ3n) is 4.51. The van der Waals surface area contributed by atoms with Crippen LogP contribution in [0.1, 0.15) is 41.9 Å². The second-order valence-corrected chi connectivity index (χ2v) is 8.91. The van der Waals surface area contributed by atoms with E-state index >= 15 is 0 Å². The first-order chi connectivity index (χ1) is 15.4. The van der Waals surface area contributed by atoms with Crippen LogP contribution in [-0.4, -0.2) is 34.2 Å². The number of thiophene rings is 1. The highest BCUT2D eigenvalue weighted by Gasteiger charge is 2.23. The first kappa shape index (κ1) is 23.7. The molecule has 0 unspecified atom stereocenters. The molecule has 0 saturated heterocycles. The minimum absolute atomic E-state index is 0.0402. The van der Waals surface area contributed by atoms with Gasteiger partial charge in [0.1, 0.15) is 10.6 Å². The maximum atomic E-state index is 12.7. The number of nitrogens with one attached hydrogen (secondary N) is 2. The highest BCUT2D eigenvalue weighted by Crippen LogP contribution is 2.36. The number of hydrogen-bond donors (Lipinski definition) is 2. The molecule has 1 aromatic carbocycles. The molecular weight excluding hydrogens is 446 g/mol. The lowest BCUT2D eigenvalue weighted by atomic mass is 10.0. The first-order valence-electron chi connectivity index (χ1n) is 10.3. The Bertz CT molecular complexity index is 1150. The Kier molecular flexibility index (Phi) is 8.24. The summed E-state index contributed by atoms with van der Waals surface area (Å²) in [6, 6.07) is 9.28. The minimum Gasteiger partial charge on any atom is -0.462 e. The zero-order chi connectivity index (χ0) is 23.1. The molecule has 1 amide bonds. The van der Waals surface area contributed by atoms with Crippen molar-refractivity contribution < 1.29 is 14.3 Å².